The number of hydrogen-bond donors (Lipinski definition) is 3. The van der Waals surface area contributed by atoms with Crippen molar-refractivity contribution in [2.75, 3.05) is 6.54 Å². The summed E-state index contributed by atoms with van der Waals surface area (Å²) < 4.78 is 0. The van der Waals surface area contributed by atoms with Crippen LogP contribution in [0.15, 0.2) is 0 Å². The van der Waals surface area contributed by atoms with Crippen LogP contribution < -0.4 is 5.32 Å². The first-order chi connectivity index (χ1) is 3.63. The second-order valence-corrected chi connectivity index (χ2v) is 1.45. The lowest BCUT2D eigenvalue weighted by atomic mass is 10.6. The molecule has 0 fully saturated rings. The third-order valence-electron chi connectivity index (χ3n) is 0.549. The minimum absolute atomic E-state index is 0.197. The van der Waals surface area contributed by atoms with Crippen molar-refractivity contribution in [3.8, 4) is 0 Å². The number of nitrogens with one attached hydrogen (secondary N) is 1. The van der Waals surface area contributed by atoms with Crippen LogP contribution in [-0.2, 0) is 4.79 Å². The molecule has 0 aromatic heterocycles. The first-order valence-electron chi connectivity index (χ1n) is 2.26. The average molecular weight is 119 g/mol. The lowest BCUT2D eigenvalue weighted by Crippen LogP contribution is -2.30. The van der Waals surface area contributed by atoms with Gasteiger partial charge in [-0.15, -0.1) is 0 Å². The summed E-state index contributed by atoms with van der Waals surface area (Å²) in [5.74, 6) is -0.967. The lowest BCUT2D eigenvalue weighted by molar-refractivity contribution is -0.136. The Morgan fingerprint density at radius 2 is 2.38 bits per heavy atom. The minimum atomic E-state index is -0.967. The quantitative estimate of drug-likeness (QED) is 0.417. The number of carboxylic acids is 1. The third kappa shape index (κ3) is 5.39. The molecule has 0 aromatic rings. The molecule has 0 rings (SSSR count). The second kappa shape index (κ2) is 3.40. The van der Waals surface area contributed by atoms with Crippen molar-refractivity contribution in [2.24, 2.45) is 0 Å². The monoisotopic (exact) mass is 119 g/mol. The van der Waals surface area contributed by atoms with Gasteiger partial charge in [-0.2, -0.15) is 0 Å². The Hall–Kier alpha value is -0.610. The summed E-state index contributed by atoms with van der Waals surface area (Å²) in [5, 5.41) is 18.7. The van der Waals surface area contributed by atoms with Gasteiger partial charge in [0.05, 0.1) is 6.54 Å². The van der Waals surface area contributed by atoms with Gasteiger partial charge in [0.15, 0.2) is 0 Å². The highest BCUT2D eigenvalue weighted by Crippen LogP contribution is 1.68. The van der Waals surface area contributed by atoms with Crippen LogP contribution in [0.5, 0.6) is 0 Å². The van der Waals surface area contributed by atoms with Gasteiger partial charge in [-0.1, -0.05) is 0 Å². The molecule has 0 unspecified atom stereocenters. The summed E-state index contributed by atoms with van der Waals surface area (Å²) >= 11 is 0. The number of aliphatic hydroxyl groups excluding tert-OH is 1. The normalized spacial score (nSPS) is 13.2. The van der Waals surface area contributed by atoms with E-state index in [4.69, 9.17) is 10.2 Å². The summed E-state index contributed by atoms with van der Waals surface area (Å²) in [5.41, 5.74) is 0. The summed E-state index contributed by atoms with van der Waals surface area (Å²) in [7, 11) is 0. The largest absolute Gasteiger partial charge is 0.480 e. The number of carbonyl (C=O) groups is 1. The molecule has 4 nitrogen and oxygen atoms in total. The summed E-state index contributed by atoms with van der Waals surface area (Å²) in [6.45, 7) is 1.26. The fourth-order valence-electron chi connectivity index (χ4n) is 0.235. The van der Waals surface area contributed by atoms with E-state index >= 15 is 0 Å². The molecule has 1 atom stereocenters. The van der Waals surface area contributed by atoms with E-state index in [1.54, 1.807) is 0 Å². The van der Waals surface area contributed by atoms with Gasteiger partial charge in [-0.25, -0.2) is 0 Å². The van der Waals surface area contributed by atoms with E-state index in [9.17, 15) is 4.79 Å². The Morgan fingerprint density at radius 1 is 1.88 bits per heavy atom. The molecule has 3 N–H and O–H groups in total. The Kier molecular flexibility index (Phi) is 3.14. The Morgan fingerprint density at radius 3 is 2.50 bits per heavy atom. The number of aliphatic carboxylic acids is 1. The van der Waals surface area contributed by atoms with Crippen LogP contribution in [0.25, 0.3) is 0 Å². The maximum Gasteiger partial charge on any atom is 0.317 e. The molecule has 0 aliphatic rings. The van der Waals surface area contributed by atoms with Crippen LogP contribution in [-0.4, -0.2) is 29.0 Å². The van der Waals surface area contributed by atoms with Crippen molar-refractivity contribution in [3.63, 3.8) is 0 Å². The fourth-order valence-corrected chi connectivity index (χ4v) is 0.235. The zero-order chi connectivity index (χ0) is 6.57. The average Bonchev–Trinajstić information content (AvgIpc) is 1.61. The number of hydrogen-bond acceptors (Lipinski definition) is 3. The third-order valence-corrected chi connectivity index (χ3v) is 0.549. The zero-order valence-electron chi connectivity index (χ0n) is 4.59. The van der Waals surface area contributed by atoms with Gasteiger partial charge < -0.3 is 10.2 Å². The van der Waals surface area contributed by atoms with Crippen LogP contribution in [0.2, 0.25) is 0 Å². The molecule has 4 heteroatoms. The van der Waals surface area contributed by atoms with E-state index in [1.165, 1.54) is 6.92 Å². The van der Waals surface area contributed by atoms with Crippen molar-refractivity contribution in [1.82, 2.24) is 5.32 Å². The number of carboxylic acid groups (broad SMARTS) is 1. The Labute approximate surface area is 47.1 Å². The Bertz CT molecular complexity index is 81.4. The highest BCUT2D eigenvalue weighted by molar-refractivity contribution is 5.68. The zero-order valence-corrected chi connectivity index (χ0v) is 4.59. The first-order valence-corrected chi connectivity index (χ1v) is 2.26. The van der Waals surface area contributed by atoms with Crippen molar-refractivity contribution < 1.29 is 15.0 Å². The molecule has 8 heavy (non-hydrogen) atoms. The van der Waals surface area contributed by atoms with Gasteiger partial charge in [0, 0.05) is 0 Å². The van der Waals surface area contributed by atoms with Gasteiger partial charge in [0.1, 0.15) is 6.23 Å². The molecule has 0 saturated carbocycles. The van der Waals surface area contributed by atoms with Crippen LogP contribution in [0.4, 0.5) is 0 Å². The van der Waals surface area contributed by atoms with Gasteiger partial charge in [-0.05, 0) is 6.92 Å². The van der Waals surface area contributed by atoms with Gasteiger partial charge in [0.2, 0.25) is 0 Å². The predicted molar refractivity (Wildman–Crippen MR) is 27.3 cm³/mol. The highest BCUT2D eigenvalue weighted by Gasteiger charge is 1.96. The summed E-state index contributed by atoms with van der Waals surface area (Å²) in [6.07, 6.45) is -0.744. The predicted octanol–water partition coefficient (Wildman–Crippen LogP) is -1.00. The smallest absolute Gasteiger partial charge is 0.317 e. The molecular formula is C4H9NO3. The lowest BCUT2D eigenvalue weighted by Gasteiger charge is -2.01. The van der Waals surface area contributed by atoms with Gasteiger partial charge in [-0.3, -0.25) is 10.1 Å². The molecule has 0 heterocycles. The SMILES string of the molecule is C[C@H](O)NCC(=O)O. The summed E-state index contributed by atoms with van der Waals surface area (Å²) in [6, 6.07) is 0. The molecule has 0 amide bonds. The second-order valence-electron chi connectivity index (χ2n) is 1.45. The van der Waals surface area contributed by atoms with E-state index in [0.29, 0.717) is 0 Å². The molecular weight excluding hydrogens is 110 g/mol. The first kappa shape index (κ1) is 7.39. The van der Waals surface area contributed by atoms with Crippen molar-refractivity contribution in [1.29, 1.82) is 0 Å². The van der Waals surface area contributed by atoms with Gasteiger partial charge >= 0.3 is 5.97 Å². The van der Waals surface area contributed by atoms with Crippen LogP contribution in [0, 0.1) is 0 Å². The van der Waals surface area contributed by atoms with Crippen molar-refractivity contribution in [3.05, 3.63) is 0 Å². The molecule has 0 radical (unpaired) electrons. The van der Waals surface area contributed by atoms with E-state index in [1.807, 2.05) is 0 Å². The van der Waals surface area contributed by atoms with E-state index in [0.717, 1.165) is 0 Å². The van der Waals surface area contributed by atoms with E-state index < -0.39 is 12.2 Å². The van der Waals surface area contributed by atoms with Crippen molar-refractivity contribution in [2.45, 2.75) is 13.2 Å². The summed E-state index contributed by atoms with van der Waals surface area (Å²) in [4.78, 5) is 9.73. The van der Waals surface area contributed by atoms with Crippen molar-refractivity contribution >= 4 is 5.97 Å². The Balaban J connectivity index is 3.05. The van der Waals surface area contributed by atoms with E-state index in [2.05, 4.69) is 5.32 Å². The molecule has 0 aromatic carbocycles. The van der Waals surface area contributed by atoms with Crippen LogP contribution >= 0.6 is 0 Å². The molecule has 0 aliphatic carbocycles. The molecule has 48 valence electrons. The fraction of sp³-hybridized carbons (Fsp3) is 0.750. The maximum atomic E-state index is 9.73. The molecule has 0 saturated heterocycles. The van der Waals surface area contributed by atoms with Crippen LogP contribution in [0.3, 0.4) is 0 Å². The topological polar surface area (TPSA) is 69.6 Å². The molecule has 0 spiro atoms. The van der Waals surface area contributed by atoms with Crippen LogP contribution in [0.1, 0.15) is 6.92 Å². The molecule has 0 bridgehead atoms. The highest BCUT2D eigenvalue weighted by atomic mass is 16.4. The standard InChI is InChI=1S/C4H9NO3/c1-3(6)5-2-4(7)8/h3,5-6H,2H2,1H3,(H,7,8)/t3-/m0/s1. The van der Waals surface area contributed by atoms with E-state index in [-0.39, 0.29) is 6.54 Å². The minimum Gasteiger partial charge on any atom is -0.480 e. The number of rotatable bonds is 3. The number of aliphatic hydroxyl groups is 1. The maximum absolute atomic E-state index is 9.73. The van der Waals surface area contributed by atoms with Gasteiger partial charge in [0.25, 0.3) is 0 Å². The molecule has 0 aliphatic heterocycles.